The number of para-hydroxylation sites is 1. The molecular weight excluding hydrogens is 257 g/mol. The van der Waals surface area contributed by atoms with Crippen molar-refractivity contribution in [2.45, 2.75) is 13.5 Å². The Morgan fingerprint density at radius 2 is 2.00 bits per heavy atom. The highest BCUT2D eigenvalue weighted by Crippen LogP contribution is 2.17. The zero-order valence-corrected chi connectivity index (χ0v) is 11.4. The lowest BCUT2D eigenvalue weighted by Crippen LogP contribution is -2.24. The number of benzene rings is 2. The smallest absolute Gasteiger partial charge is 0.254 e. The summed E-state index contributed by atoms with van der Waals surface area (Å²) in [5.74, 6) is -0.256. The van der Waals surface area contributed by atoms with Crippen LogP contribution in [-0.2, 0) is 6.54 Å². The maximum absolute atomic E-state index is 13.7. The summed E-state index contributed by atoms with van der Waals surface area (Å²) in [5, 5.41) is 2.69. The minimum atomic E-state index is -0.512. The van der Waals surface area contributed by atoms with Crippen molar-refractivity contribution in [1.82, 2.24) is 5.32 Å². The lowest BCUT2D eigenvalue weighted by molar-refractivity contribution is 0.0946. The fourth-order valence-electron chi connectivity index (χ4n) is 1.92. The third-order valence-electron chi connectivity index (χ3n) is 3.00. The fourth-order valence-corrected chi connectivity index (χ4v) is 1.92. The molecule has 20 heavy (non-hydrogen) atoms. The van der Waals surface area contributed by atoms with E-state index in [0.717, 1.165) is 11.1 Å². The predicted octanol–water partition coefficient (Wildman–Crippen LogP) is 3.07. The number of hydrogen-bond acceptors (Lipinski definition) is 2. The van der Waals surface area contributed by atoms with E-state index < -0.39 is 11.7 Å². The van der Waals surface area contributed by atoms with Gasteiger partial charge in [0.15, 0.2) is 0 Å². The normalized spacial score (nSPS) is 10.2. The molecule has 0 radical (unpaired) electrons. The van der Waals surface area contributed by atoms with Gasteiger partial charge in [-0.25, -0.2) is 4.39 Å². The van der Waals surface area contributed by atoms with Crippen molar-refractivity contribution in [2.75, 3.05) is 7.11 Å². The van der Waals surface area contributed by atoms with Gasteiger partial charge in [0.1, 0.15) is 11.6 Å². The molecule has 0 atom stereocenters. The van der Waals surface area contributed by atoms with Crippen LogP contribution in [-0.4, -0.2) is 13.0 Å². The van der Waals surface area contributed by atoms with Crippen LogP contribution in [0.3, 0.4) is 0 Å². The first-order valence-electron chi connectivity index (χ1n) is 6.28. The summed E-state index contributed by atoms with van der Waals surface area (Å²) < 4.78 is 18.9. The number of nitrogens with one attached hydrogen (secondary N) is 1. The van der Waals surface area contributed by atoms with Crippen molar-refractivity contribution >= 4 is 5.91 Å². The van der Waals surface area contributed by atoms with E-state index in [2.05, 4.69) is 5.32 Å². The van der Waals surface area contributed by atoms with E-state index in [-0.39, 0.29) is 12.1 Å². The molecule has 0 aromatic heterocycles. The zero-order valence-electron chi connectivity index (χ0n) is 11.4. The maximum atomic E-state index is 13.7. The summed E-state index contributed by atoms with van der Waals surface area (Å²) in [6.45, 7) is 2.07. The second-order valence-electron chi connectivity index (χ2n) is 4.48. The molecule has 0 fully saturated rings. The van der Waals surface area contributed by atoms with Gasteiger partial charge in [0, 0.05) is 12.1 Å². The van der Waals surface area contributed by atoms with Crippen molar-refractivity contribution in [2.24, 2.45) is 0 Å². The highest BCUT2D eigenvalue weighted by Gasteiger charge is 2.12. The van der Waals surface area contributed by atoms with Crippen molar-refractivity contribution < 1.29 is 13.9 Å². The molecule has 1 amide bonds. The van der Waals surface area contributed by atoms with Gasteiger partial charge in [-0.2, -0.15) is 0 Å². The van der Waals surface area contributed by atoms with E-state index in [1.54, 1.807) is 20.1 Å². The Labute approximate surface area is 117 Å². The Morgan fingerprint density at radius 3 is 2.70 bits per heavy atom. The van der Waals surface area contributed by atoms with Crippen LogP contribution in [0, 0.1) is 12.7 Å². The quantitative estimate of drug-likeness (QED) is 0.929. The number of aryl methyl sites for hydroxylation is 1. The van der Waals surface area contributed by atoms with Gasteiger partial charge in [-0.15, -0.1) is 0 Å². The molecule has 2 rings (SSSR count). The first-order valence-corrected chi connectivity index (χ1v) is 6.28. The van der Waals surface area contributed by atoms with Crippen molar-refractivity contribution in [3.63, 3.8) is 0 Å². The third kappa shape index (κ3) is 3.15. The summed E-state index contributed by atoms with van der Waals surface area (Å²) in [6.07, 6.45) is 0. The molecule has 2 aromatic rings. The maximum Gasteiger partial charge on any atom is 0.254 e. The highest BCUT2D eigenvalue weighted by molar-refractivity contribution is 5.94. The number of ether oxygens (including phenoxy) is 1. The van der Waals surface area contributed by atoms with Crippen LogP contribution in [0.25, 0.3) is 0 Å². The van der Waals surface area contributed by atoms with Crippen LogP contribution < -0.4 is 10.1 Å². The van der Waals surface area contributed by atoms with Gasteiger partial charge in [0.25, 0.3) is 5.91 Å². The first-order chi connectivity index (χ1) is 9.61. The number of carbonyl (C=O) groups excluding carboxylic acids is 1. The number of halogens is 1. The second kappa shape index (κ2) is 6.19. The molecule has 0 aliphatic rings. The predicted molar refractivity (Wildman–Crippen MR) is 75.3 cm³/mol. The second-order valence-corrected chi connectivity index (χ2v) is 4.48. The molecule has 3 nitrogen and oxygen atoms in total. The molecule has 0 unspecified atom stereocenters. The number of rotatable bonds is 4. The van der Waals surface area contributed by atoms with Gasteiger partial charge in [0.2, 0.25) is 0 Å². The largest absolute Gasteiger partial charge is 0.496 e. The molecule has 0 bridgehead atoms. The molecule has 0 heterocycles. The molecule has 0 saturated carbocycles. The average Bonchev–Trinajstić information content (AvgIpc) is 2.45. The lowest BCUT2D eigenvalue weighted by Gasteiger charge is -2.10. The number of hydrogen-bond donors (Lipinski definition) is 1. The van der Waals surface area contributed by atoms with E-state index in [1.165, 1.54) is 12.1 Å². The molecule has 4 heteroatoms. The summed E-state index contributed by atoms with van der Waals surface area (Å²) in [5.41, 5.74) is 1.67. The Balaban J connectivity index is 2.09. The van der Waals surface area contributed by atoms with Crippen LogP contribution in [0.5, 0.6) is 5.75 Å². The SMILES string of the molecule is COc1ccccc1CNC(=O)c1ccc(C)cc1F. The summed E-state index contributed by atoms with van der Waals surface area (Å²) in [7, 11) is 1.57. The number of methoxy groups -OCH3 is 1. The van der Waals surface area contributed by atoms with Crippen molar-refractivity contribution in [3.05, 3.63) is 65.0 Å². The van der Waals surface area contributed by atoms with Crippen LogP contribution in [0.4, 0.5) is 4.39 Å². The summed E-state index contributed by atoms with van der Waals surface area (Å²) in [6, 6.07) is 11.9. The number of carbonyl (C=O) groups is 1. The van der Waals surface area contributed by atoms with Crippen LogP contribution >= 0.6 is 0 Å². The van der Waals surface area contributed by atoms with Gasteiger partial charge in [-0.3, -0.25) is 4.79 Å². The Morgan fingerprint density at radius 1 is 1.25 bits per heavy atom. The summed E-state index contributed by atoms with van der Waals surface area (Å²) >= 11 is 0. The molecule has 0 aliphatic carbocycles. The summed E-state index contributed by atoms with van der Waals surface area (Å²) in [4.78, 5) is 12.0. The van der Waals surface area contributed by atoms with E-state index in [9.17, 15) is 9.18 Å². The van der Waals surface area contributed by atoms with Crippen molar-refractivity contribution in [1.29, 1.82) is 0 Å². The number of amides is 1. The van der Waals surface area contributed by atoms with Crippen LogP contribution in [0.1, 0.15) is 21.5 Å². The van der Waals surface area contributed by atoms with Crippen LogP contribution in [0.15, 0.2) is 42.5 Å². The Bertz CT molecular complexity index is 626. The lowest BCUT2D eigenvalue weighted by atomic mass is 10.1. The van der Waals surface area contributed by atoms with E-state index in [1.807, 2.05) is 24.3 Å². The van der Waals surface area contributed by atoms with Crippen LogP contribution in [0.2, 0.25) is 0 Å². The standard InChI is InChI=1S/C16H16FNO2/c1-11-7-8-13(14(17)9-11)16(19)18-10-12-5-3-4-6-15(12)20-2/h3-9H,10H2,1-2H3,(H,18,19). The van der Waals surface area contributed by atoms with E-state index in [4.69, 9.17) is 4.74 Å². The molecule has 0 saturated heterocycles. The van der Waals surface area contributed by atoms with Gasteiger partial charge < -0.3 is 10.1 Å². The van der Waals surface area contributed by atoms with Gasteiger partial charge in [-0.1, -0.05) is 24.3 Å². The Kier molecular flexibility index (Phi) is 4.35. The first kappa shape index (κ1) is 14.1. The fraction of sp³-hybridized carbons (Fsp3) is 0.188. The van der Waals surface area contributed by atoms with Gasteiger partial charge in [-0.05, 0) is 30.7 Å². The molecular formula is C16H16FNO2. The Hall–Kier alpha value is -2.36. The van der Waals surface area contributed by atoms with E-state index >= 15 is 0 Å². The molecule has 104 valence electrons. The molecule has 1 N–H and O–H groups in total. The third-order valence-corrected chi connectivity index (χ3v) is 3.00. The minimum Gasteiger partial charge on any atom is -0.496 e. The molecule has 0 spiro atoms. The minimum absolute atomic E-state index is 0.0468. The monoisotopic (exact) mass is 273 g/mol. The van der Waals surface area contributed by atoms with Gasteiger partial charge in [0.05, 0.1) is 12.7 Å². The van der Waals surface area contributed by atoms with Gasteiger partial charge >= 0.3 is 0 Å². The van der Waals surface area contributed by atoms with E-state index in [0.29, 0.717) is 5.75 Å². The molecule has 2 aromatic carbocycles. The van der Waals surface area contributed by atoms with Crippen molar-refractivity contribution in [3.8, 4) is 5.75 Å². The average molecular weight is 273 g/mol. The molecule has 0 aliphatic heterocycles. The zero-order chi connectivity index (χ0) is 14.5. The highest BCUT2D eigenvalue weighted by atomic mass is 19.1. The topological polar surface area (TPSA) is 38.3 Å².